The van der Waals surface area contributed by atoms with Crippen LogP contribution in [0.25, 0.3) is 0 Å². The van der Waals surface area contributed by atoms with Gasteiger partial charge >= 0.3 is 0 Å². The molecule has 2 fully saturated rings. The maximum Gasteiger partial charge on any atom is 0.249 e. The average molecular weight is 291 g/mol. The van der Waals surface area contributed by atoms with E-state index in [-0.39, 0.29) is 11.8 Å². The molecule has 2 aliphatic rings. The summed E-state index contributed by atoms with van der Waals surface area (Å²) in [5.74, 6) is 0.610. The highest BCUT2D eigenvalue weighted by Gasteiger charge is 2.56. The zero-order valence-corrected chi connectivity index (χ0v) is 12.7. The molecule has 1 saturated carbocycles. The molecule has 1 aliphatic heterocycles. The Morgan fingerprint density at radius 3 is 2.52 bits per heavy atom. The number of hydrogen-bond donors (Lipinski definition) is 1. The van der Waals surface area contributed by atoms with Crippen molar-refractivity contribution in [2.24, 2.45) is 7.05 Å². The van der Waals surface area contributed by atoms with E-state index in [9.17, 15) is 9.59 Å². The molecule has 1 saturated heterocycles. The summed E-state index contributed by atoms with van der Waals surface area (Å²) >= 11 is 0. The Hall–Kier alpha value is -1.92. The summed E-state index contributed by atoms with van der Waals surface area (Å²) in [6.45, 7) is 3.82. The van der Waals surface area contributed by atoms with Crippen LogP contribution >= 0.6 is 0 Å². The van der Waals surface area contributed by atoms with Crippen molar-refractivity contribution in [2.45, 2.75) is 57.2 Å². The first-order chi connectivity index (χ1) is 9.87. The van der Waals surface area contributed by atoms with E-state index in [1.165, 1.54) is 6.33 Å². The zero-order chi connectivity index (χ0) is 15.3. The van der Waals surface area contributed by atoms with E-state index in [0.29, 0.717) is 12.4 Å². The Bertz CT molecular complexity index is 586. The number of rotatable bonds is 2. The van der Waals surface area contributed by atoms with Gasteiger partial charge in [0.25, 0.3) is 0 Å². The number of carbonyl (C=O) groups excluding carboxylic acids is 2. The Labute approximate surface area is 123 Å². The first kappa shape index (κ1) is 14.0. The van der Waals surface area contributed by atoms with Gasteiger partial charge < -0.3 is 10.2 Å². The molecule has 1 aliphatic carbocycles. The third kappa shape index (κ3) is 2.02. The molecule has 3 rings (SSSR count). The van der Waals surface area contributed by atoms with Crippen LogP contribution in [0.2, 0.25) is 0 Å². The zero-order valence-electron chi connectivity index (χ0n) is 12.7. The number of carbonyl (C=O) groups is 2. The molecule has 0 bridgehead atoms. The third-order valence-electron chi connectivity index (χ3n) is 4.68. The van der Waals surface area contributed by atoms with Crippen molar-refractivity contribution in [1.29, 1.82) is 0 Å². The average Bonchev–Trinajstić information content (AvgIpc) is 3.03. The molecular formula is C14H21N5O2. The fourth-order valence-electron chi connectivity index (χ4n) is 3.39. The van der Waals surface area contributed by atoms with E-state index < -0.39 is 11.1 Å². The second kappa shape index (κ2) is 4.54. The number of amides is 2. The van der Waals surface area contributed by atoms with E-state index in [4.69, 9.17) is 0 Å². The van der Waals surface area contributed by atoms with Crippen LogP contribution in [0.3, 0.4) is 0 Å². The normalized spacial score (nSPS) is 23.7. The summed E-state index contributed by atoms with van der Waals surface area (Å²) < 4.78 is 1.65. The van der Waals surface area contributed by atoms with Crippen molar-refractivity contribution in [3.63, 3.8) is 0 Å². The predicted octanol–water partition coefficient (Wildman–Crippen LogP) is 0.365. The molecule has 7 nitrogen and oxygen atoms in total. The van der Waals surface area contributed by atoms with E-state index in [1.54, 1.807) is 30.5 Å². The summed E-state index contributed by atoms with van der Waals surface area (Å²) in [6.07, 6.45) is 4.85. The van der Waals surface area contributed by atoms with E-state index >= 15 is 0 Å². The minimum atomic E-state index is -0.872. The summed E-state index contributed by atoms with van der Waals surface area (Å²) in [4.78, 5) is 31.4. The van der Waals surface area contributed by atoms with Crippen LogP contribution in [0.4, 0.5) is 0 Å². The fraction of sp³-hybridized carbons (Fsp3) is 0.714. The van der Waals surface area contributed by atoms with Gasteiger partial charge in [-0.15, -0.1) is 0 Å². The second-order valence-electron chi connectivity index (χ2n) is 6.51. The third-order valence-corrected chi connectivity index (χ3v) is 4.68. The number of nitrogens with one attached hydrogen (secondary N) is 1. The standard InChI is InChI=1S/C14H21N5O2/c1-13(2)12(21)19(8-10-15-9-16-18(10)3)14(11(20)17-13)6-4-5-7-14/h9H,4-8H2,1-3H3,(H,17,20). The van der Waals surface area contributed by atoms with Crippen LogP contribution in [0.1, 0.15) is 45.4 Å². The van der Waals surface area contributed by atoms with Gasteiger partial charge in [-0.3, -0.25) is 14.3 Å². The Morgan fingerprint density at radius 1 is 1.29 bits per heavy atom. The van der Waals surface area contributed by atoms with Gasteiger partial charge in [0.05, 0.1) is 6.54 Å². The van der Waals surface area contributed by atoms with Crippen molar-refractivity contribution < 1.29 is 9.59 Å². The van der Waals surface area contributed by atoms with Crippen molar-refractivity contribution in [3.8, 4) is 0 Å². The van der Waals surface area contributed by atoms with E-state index in [0.717, 1.165) is 25.7 Å². The molecule has 2 heterocycles. The first-order valence-electron chi connectivity index (χ1n) is 7.34. The number of hydrogen-bond acceptors (Lipinski definition) is 4. The number of aryl methyl sites for hydroxylation is 1. The van der Waals surface area contributed by atoms with Crippen LogP contribution in [-0.4, -0.2) is 42.6 Å². The van der Waals surface area contributed by atoms with Gasteiger partial charge in [-0.05, 0) is 26.7 Å². The summed E-state index contributed by atoms with van der Waals surface area (Å²) in [7, 11) is 1.79. The topological polar surface area (TPSA) is 80.1 Å². The minimum absolute atomic E-state index is 0.0354. The first-order valence-corrected chi connectivity index (χ1v) is 7.34. The molecule has 0 atom stereocenters. The van der Waals surface area contributed by atoms with Gasteiger partial charge in [-0.2, -0.15) is 5.10 Å². The van der Waals surface area contributed by atoms with Crippen LogP contribution in [0.5, 0.6) is 0 Å². The molecule has 1 N–H and O–H groups in total. The van der Waals surface area contributed by atoms with Gasteiger partial charge in [0.15, 0.2) is 0 Å². The predicted molar refractivity (Wildman–Crippen MR) is 75.0 cm³/mol. The quantitative estimate of drug-likeness (QED) is 0.853. The molecular weight excluding hydrogens is 270 g/mol. The summed E-state index contributed by atoms with van der Waals surface area (Å²) in [5.41, 5.74) is -1.58. The highest BCUT2D eigenvalue weighted by molar-refractivity contribution is 6.02. The van der Waals surface area contributed by atoms with Crippen molar-refractivity contribution >= 4 is 11.8 Å². The molecule has 0 radical (unpaired) electrons. The molecule has 21 heavy (non-hydrogen) atoms. The van der Waals surface area contributed by atoms with Gasteiger partial charge in [-0.1, -0.05) is 12.8 Å². The number of piperazine rings is 1. The Morgan fingerprint density at radius 2 is 1.95 bits per heavy atom. The molecule has 1 aromatic rings. The number of nitrogens with zero attached hydrogens (tertiary/aromatic N) is 4. The smallest absolute Gasteiger partial charge is 0.249 e. The lowest BCUT2D eigenvalue weighted by Gasteiger charge is -2.49. The lowest BCUT2D eigenvalue weighted by molar-refractivity contribution is -0.162. The minimum Gasteiger partial charge on any atom is -0.340 e. The van der Waals surface area contributed by atoms with Crippen LogP contribution < -0.4 is 5.32 Å². The van der Waals surface area contributed by atoms with Crippen molar-refractivity contribution in [1.82, 2.24) is 25.0 Å². The monoisotopic (exact) mass is 291 g/mol. The second-order valence-corrected chi connectivity index (χ2v) is 6.51. The van der Waals surface area contributed by atoms with Gasteiger partial charge in [-0.25, -0.2) is 4.98 Å². The maximum atomic E-state index is 12.8. The molecule has 2 amide bonds. The largest absolute Gasteiger partial charge is 0.340 e. The van der Waals surface area contributed by atoms with Crippen molar-refractivity contribution in [2.75, 3.05) is 0 Å². The highest BCUT2D eigenvalue weighted by Crippen LogP contribution is 2.40. The molecule has 114 valence electrons. The molecule has 0 aromatic carbocycles. The van der Waals surface area contributed by atoms with Crippen LogP contribution in [0, 0.1) is 0 Å². The maximum absolute atomic E-state index is 12.8. The summed E-state index contributed by atoms with van der Waals surface area (Å²) in [6, 6.07) is 0. The fourth-order valence-corrected chi connectivity index (χ4v) is 3.39. The highest BCUT2D eigenvalue weighted by atomic mass is 16.2. The molecule has 1 spiro atoms. The summed E-state index contributed by atoms with van der Waals surface area (Å²) in [5, 5.41) is 6.93. The van der Waals surface area contributed by atoms with Gasteiger partial charge in [0.1, 0.15) is 23.2 Å². The number of aromatic nitrogens is 3. The van der Waals surface area contributed by atoms with Crippen LogP contribution in [0.15, 0.2) is 6.33 Å². The Kier molecular flexibility index (Phi) is 3.04. The molecule has 1 aromatic heterocycles. The van der Waals surface area contributed by atoms with Crippen molar-refractivity contribution in [3.05, 3.63) is 12.2 Å². The van der Waals surface area contributed by atoms with E-state index in [2.05, 4.69) is 15.4 Å². The Balaban J connectivity index is 2.00. The lowest BCUT2D eigenvalue weighted by Crippen LogP contribution is -2.73. The lowest BCUT2D eigenvalue weighted by atomic mass is 9.85. The molecule has 7 heteroatoms. The van der Waals surface area contributed by atoms with Gasteiger partial charge in [0.2, 0.25) is 11.8 Å². The van der Waals surface area contributed by atoms with Crippen LogP contribution in [-0.2, 0) is 23.2 Å². The SMILES string of the molecule is Cn1ncnc1CN1C(=O)C(C)(C)NC(=O)C12CCCC2. The molecule has 0 unspecified atom stereocenters. The van der Waals surface area contributed by atoms with E-state index in [1.807, 2.05) is 0 Å². The van der Waals surface area contributed by atoms with Gasteiger partial charge in [0, 0.05) is 7.05 Å².